The minimum atomic E-state index is -0.330. The number of Topliss-reactive ketones (excluding diaryl/α,β-unsaturated/α-hetero) is 1. The minimum Gasteiger partial charge on any atom is -0.383 e. The molecule has 0 amide bonds. The Morgan fingerprint density at radius 1 is 1.10 bits per heavy atom. The molecular formula is C18H20N2O. The molecule has 3 rings (SSSR count). The van der Waals surface area contributed by atoms with Gasteiger partial charge in [0.1, 0.15) is 11.6 Å². The summed E-state index contributed by atoms with van der Waals surface area (Å²) in [4.78, 5) is 17.1. The lowest BCUT2D eigenvalue weighted by Crippen LogP contribution is -2.34. The molecule has 21 heavy (non-hydrogen) atoms. The number of anilines is 1. The first-order chi connectivity index (χ1) is 10.2. The van der Waals surface area contributed by atoms with E-state index in [0.717, 1.165) is 36.8 Å². The van der Waals surface area contributed by atoms with Gasteiger partial charge < -0.3 is 5.73 Å². The molecule has 1 aliphatic rings. The number of nitrogen functional groups attached to an aromatic ring is 1. The highest BCUT2D eigenvalue weighted by molar-refractivity contribution is 5.92. The van der Waals surface area contributed by atoms with Crippen LogP contribution in [0.5, 0.6) is 0 Å². The van der Waals surface area contributed by atoms with E-state index in [1.54, 1.807) is 6.20 Å². The summed E-state index contributed by atoms with van der Waals surface area (Å²) in [6.07, 6.45) is 6.14. The zero-order valence-corrected chi connectivity index (χ0v) is 12.1. The van der Waals surface area contributed by atoms with Crippen LogP contribution in [0, 0.1) is 0 Å². The van der Waals surface area contributed by atoms with E-state index in [1.165, 1.54) is 0 Å². The van der Waals surface area contributed by atoms with Crippen LogP contribution in [0.15, 0.2) is 48.7 Å². The van der Waals surface area contributed by atoms with E-state index in [9.17, 15) is 4.79 Å². The maximum absolute atomic E-state index is 13.0. The number of carbonyl (C=O) groups is 1. The predicted molar refractivity (Wildman–Crippen MR) is 83.9 cm³/mol. The summed E-state index contributed by atoms with van der Waals surface area (Å²) in [6, 6.07) is 13.9. The van der Waals surface area contributed by atoms with Gasteiger partial charge in [0.05, 0.1) is 5.41 Å². The monoisotopic (exact) mass is 280 g/mol. The van der Waals surface area contributed by atoms with Crippen LogP contribution in [0.1, 0.15) is 36.8 Å². The van der Waals surface area contributed by atoms with Crippen LogP contribution < -0.4 is 5.73 Å². The summed E-state index contributed by atoms with van der Waals surface area (Å²) >= 11 is 0. The zero-order valence-electron chi connectivity index (χ0n) is 12.1. The number of pyridine rings is 1. The van der Waals surface area contributed by atoms with Crippen molar-refractivity contribution in [1.29, 1.82) is 0 Å². The van der Waals surface area contributed by atoms with Gasteiger partial charge in [0.25, 0.3) is 0 Å². The number of ketones is 1. The van der Waals surface area contributed by atoms with Crippen molar-refractivity contribution in [3.63, 3.8) is 0 Å². The Morgan fingerprint density at radius 3 is 2.48 bits per heavy atom. The van der Waals surface area contributed by atoms with Crippen LogP contribution >= 0.6 is 0 Å². The van der Waals surface area contributed by atoms with E-state index in [2.05, 4.69) is 17.1 Å². The smallest absolute Gasteiger partial charge is 0.147 e. The number of nitrogens with zero attached hydrogens (tertiary/aromatic N) is 1. The normalized spacial score (nSPS) is 16.8. The first-order valence-corrected chi connectivity index (χ1v) is 7.50. The standard InChI is InChI=1S/C18H20N2O/c19-17-14(7-6-12-20-17)13-16(21)18(10-4-5-11-18)15-8-2-1-3-9-15/h1-3,6-9,12H,4-5,10-11,13H2,(H2,19,20). The first kappa shape index (κ1) is 13.8. The summed E-state index contributed by atoms with van der Waals surface area (Å²) < 4.78 is 0. The highest BCUT2D eigenvalue weighted by Crippen LogP contribution is 2.42. The number of benzene rings is 1. The number of carbonyl (C=O) groups excluding carboxylic acids is 1. The fourth-order valence-electron chi connectivity index (χ4n) is 3.41. The van der Waals surface area contributed by atoms with Crippen molar-refractivity contribution in [2.75, 3.05) is 5.73 Å². The van der Waals surface area contributed by atoms with E-state index in [4.69, 9.17) is 5.73 Å². The maximum Gasteiger partial charge on any atom is 0.147 e. The van der Waals surface area contributed by atoms with Crippen molar-refractivity contribution in [3.05, 3.63) is 59.8 Å². The second-order valence-electron chi connectivity index (χ2n) is 5.80. The third-order valence-corrected chi connectivity index (χ3v) is 4.59. The van der Waals surface area contributed by atoms with E-state index in [-0.39, 0.29) is 11.2 Å². The average molecular weight is 280 g/mol. The largest absolute Gasteiger partial charge is 0.383 e. The SMILES string of the molecule is Nc1ncccc1CC(=O)C1(c2ccccc2)CCCC1. The van der Waals surface area contributed by atoms with Gasteiger partial charge >= 0.3 is 0 Å². The topological polar surface area (TPSA) is 56.0 Å². The fraction of sp³-hybridized carbons (Fsp3) is 0.333. The summed E-state index contributed by atoms with van der Waals surface area (Å²) in [5, 5.41) is 0. The third kappa shape index (κ3) is 2.56. The maximum atomic E-state index is 13.0. The van der Waals surface area contributed by atoms with Crippen molar-refractivity contribution in [2.45, 2.75) is 37.5 Å². The molecule has 0 aliphatic heterocycles. The molecule has 0 atom stereocenters. The molecule has 0 spiro atoms. The Bertz CT molecular complexity index is 631. The second-order valence-corrected chi connectivity index (χ2v) is 5.80. The fourth-order valence-corrected chi connectivity index (χ4v) is 3.41. The van der Waals surface area contributed by atoms with Crippen molar-refractivity contribution in [2.24, 2.45) is 0 Å². The number of rotatable bonds is 4. The van der Waals surface area contributed by atoms with Gasteiger partial charge in [-0.25, -0.2) is 4.98 Å². The zero-order chi connectivity index (χ0) is 14.7. The third-order valence-electron chi connectivity index (χ3n) is 4.59. The number of nitrogens with two attached hydrogens (primary N) is 1. The van der Waals surface area contributed by atoms with Crippen LogP contribution in [0.2, 0.25) is 0 Å². The molecule has 2 aromatic rings. The van der Waals surface area contributed by atoms with E-state index in [1.807, 2.05) is 30.3 Å². The highest BCUT2D eigenvalue weighted by Gasteiger charge is 2.41. The van der Waals surface area contributed by atoms with Gasteiger partial charge in [-0.3, -0.25) is 4.79 Å². The molecule has 1 aromatic carbocycles. The van der Waals surface area contributed by atoms with E-state index in [0.29, 0.717) is 12.2 Å². The van der Waals surface area contributed by atoms with E-state index < -0.39 is 0 Å². The second kappa shape index (κ2) is 5.68. The molecule has 0 radical (unpaired) electrons. The Hall–Kier alpha value is -2.16. The molecule has 1 heterocycles. The Kier molecular flexibility index (Phi) is 3.74. The minimum absolute atomic E-state index is 0.269. The number of hydrogen-bond donors (Lipinski definition) is 1. The van der Waals surface area contributed by atoms with Crippen LogP contribution in [-0.4, -0.2) is 10.8 Å². The molecule has 3 nitrogen and oxygen atoms in total. The summed E-state index contributed by atoms with van der Waals surface area (Å²) in [6.45, 7) is 0. The van der Waals surface area contributed by atoms with Gasteiger partial charge in [-0.05, 0) is 24.5 Å². The lowest BCUT2D eigenvalue weighted by atomic mass is 9.73. The average Bonchev–Trinajstić information content (AvgIpc) is 3.01. The molecule has 1 fully saturated rings. The van der Waals surface area contributed by atoms with Gasteiger partial charge in [0, 0.05) is 18.2 Å². The summed E-state index contributed by atoms with van der Waals surface area (Å²) in [5.74, 6) is 0.734. The molecule has 1 aromatic heterocycles. The van der Waals surface area contributed by atoms with Gasteiger partial charge in [-0.1, -0.05) is 49.2 Å². The summed E-state index contributed by atoms with van der Waals surface area (Å²) in [5.41, 5.74) is 7.54. The van der Waals surface area contributed by atoms with Gasteiger partial charge in [-0.2, -0.15) is 0 Å². The van der Waals surface area contributed by atoms with Gasteiger partial charge in [0.2, 0.25) is 0 Å². The Morgan fingerprint density at radius 2 is 1.81 bits per heavy atom. The van der Waals surface area contributed by atoms with Crippen LogP contribution in [0.4, 0.5) is 5.82 Å². The molecule has 0 saturated heterocycles. The predicted octanol–water partition coefficient (Wildman–Crippen LogP) is 3.29. The van der Waals surface area contributed by atoms with Gasteiger partial charge in [-0.15, -0.1) is 0 Å². The van der Waals surface area contributed by atoms with Crippen molar-refractivity contribution in [3.8, 4) is 0 Å². The van der Waals surface area contributed by atoms with Gasteiger partial charge in [0.15, 0.2) is 0 Å². The molecule has 108 valence electrons. The van der Waals surface area contributed by atoms with Crippen molar-refractivity contribution >= 4 is 11.6 Å². The number of hydrogen-bond acceptors (Lipinski definition) is 3. The molecular weight excluding hydrogens is 260 g/mol. The molecule has 3 heteroatoms. The first-order valence-electron chi connectivity index (χ1n) is 7.50. The molecule has 2 N–H and O–H groups in total. The van der Waals surface area contributed by atoms with E-state index >= 15 is 0 Å². The van der Waals surface area contributed by atoms with Crippen LogP contribution in [0.25, 0.3) is 0 Å². The molecule has 0 unspecified atom stereocenters. The van der Waals surface area contributed by atoms with Crippen molar-refractivity contribution in [1.82, 2.24) is 4.98 Å². The Balaban J connectivity index is 1.92. The Labute approximate surface area is 125 Å². The van der Waals surface area contributed by atoms with Crippen LogP contribution in [-0.2, 0) is 16.6 Å². The molecule has 1 saturated carbocycles. The molecule has 0 bridgehead atoms. The molecule has 1 aliphatic carbocycles. The quantitative estimate of drug-likeness (QED) is 0.935. The lowest BCUT2D eigenvalue weighted by Gasteiger charge is -2.28. The highest BCUT2D eigenvalue weighted by atomic mass is 16.1. The summed E-state index contributed by atoms with van der Waals surface area (Å²) in [7, 11) is 0. The van der Waals surface area contributed by atoms with Crippen molar-refractivity contribution < 1.29 is 4.79 Å². The number of aromatic nitrogens is 1. The lowest BCUT2D eigenvalue weighted by molar-refractivity contribution is -0.123. The van der Waals surface area contributed by atoms with Crippen LogP contribution in [0.3, 0.4) is 0 Å².